The molecule has 1 aromatic carbocycles. The van der Waals surface area contributed by atoms with E-state index in [9.17, 15) is 23.3 Å². The quantitative estimate of drug-likeness (QED) is 0.607. The fourth-order valence-electron chi connectivity index (χ4n) is 1.05. The number of rotatable bonds is 2. The minimum Gasteiger partial charge on any atom is -0.502 e. The molecule has 1 aromatic rings. The van der Waals surface area contributed by atoms with Gasteiger partial charge in [0.2, 0.25) is 0 Å². The Kier molecular flexibility index (Phi) is 3.04. The molecule has 0 spiro atoms. The summed E-state index contributed by atoms with van der Waals surface area (Å²) in [4.78, 5) is 9.32. The van der Waals surface area contributed by atoms with Gasteiger partial charge in [-0.15, -0.1) is 0 Å². The first-order valence-electron chi connectivity index (χ1n) is 3.95. The van der Waals surface area contributed by atoms with E-state index in [0.29, 0.717) is 12.1 Å². The third-order valence-electron chi connectivity index (χ3n) is 1.82. The molecule has 1 atom stereocenters. The molecule has 0 saturated heterocycles. The van der Waals surface area contributed by atoms with Gasteiger partial charge in [0.15, 0.2) is 11.9 Å². The normalized spacial score (nSPS) is 13.5. The first kappa shape index (κ1) is 12.2. The number of phenols is 1. The van der Waals surface area contributed by atoms with E-state index >= 15 is 0 Å². The molecule has 0 fully saturated rings. The number of benzene rings is 1. The van der Waals surface area contributed by atoms with Gasteiger partial charge in [0, 0.05) is 6.07 Å². The Balaban J connectivity index is 3.11. The highest BCUT2D eigenvalue weighted by Gasteiger charge is 2.39. The number of hydrogen-bond acceptors (Lipinski definition) is 4. The van der Waals surface area contributed by atoms with Crippen molar-refractivity contribution in [3.05, 3.63) is 33.9 Å². The predicted octanol–water partition coefficient (Wildman–Crippen LogP) is 1.90. The first-order valence-corrected chi connectivity index (χ1v) is 3.95. The Morgan fingerprint density at radius 1 is 1.38 bits per heavy atom. The van der Waals surface area contributed by atoms with E-state index in [1.807, 2.05) is 0 Å². The number of nitrogens with zero attached hydrogens (tertiary/aromatic N) is 1. The lowest BCUT2D eigenvalue weighted by molar-refractivity contribution is -0.385. The standard InChI is InChI=1S/C8H6F3NO4/c9-8(10,11)7(14)4-1-2-5(12(15)16)6(13)3-4/h1-3,7,13-14H. The van der Waals surface area contributed by atoms with Gasteiger partial charge < -0.3 is 10.2 Å². The fraction of sp³-hybridized carbons (Fsp3) is 0.250. The number of halogens is 3. The molecular formula is C8H6F3NO4. The van der Waals surface area contributed by atoms with Crippen LogP contribution in [0, 0.1) is 10.1 Å². The maximum atomic E-state index is 12.1. The smallest absolute Gasteiger partial charge is 0.418 e. The van der Waals surface area contributed by atoms with Crippen LogP contribution in [0.25, 0.3) is 0 Å². The Bertz CT molecular complexity index is 418. The molecule has 1 unspecified atom stereocenters. The molecule has 8 heteroatoms. The van der Waals surface area contributed by atoms with Gasteiger partial charge in [0.05, 0.1) is 4.92 Å². The van der Waals surface area contributed by atoms with Crippen LogP contribution in [0.1, 0.15) is 11.7 Å². The maximum absolute atomic E-state index is 12.1. The van der Waals surface area contributed by atoms with E-state index in [2.05, 4.69) is 0 Å². The Hall–Kier alpha value is -1.83. The van der Waals surface area contributed by atoms with Crippen LogP contribution in [-0.2, 0) is 0 Å². The van der Waals surface area contributed by atoms with E-state index in [1.165, 1.54) is 0 Å². The van der Waals surface area contributed by atoms with Crippen molar-refractivity contribution in [3.63, 3.8) is 0 Å². The van der Waals surface area contributed by atoms with Crippen molar-refractivity contribution in [2.75, 3.05) is 0 Å². The van der Waals surface area contributed by atoms with Gasteiger partial charge >= 0.3 is 11.9 Å². The van der Waals surface area contributed by atoms with Gasteiger partial charge in [0.1, 0.15) is 0 Å². The van der Waals surface area contributed by atoms with E-state index in [-0.39, 0.29) is 0 Å². The molecule has 88 valence electrons. The number of aliphatic hydroxyl groups is 1. The monoisotopic (exact) mass is 237 g/mol. The third-order valence-corrected chi connectivity index (χ3v) is 1.82. The number of nitro groups is 1. The molecule has 0 saturated carbocycles. The molecule has 1 rings (SSSR count). The largest absolute Gasteiger partial charge is 0.502 e. The van der Waals surface area contributed by atoms with Crippen molar-refractivity contribution in [2.45, 2.75) is 12.3 Å². The highest BCUT2D eigenvalue weighted by molar-refractivity contribution is 5.47. The molecule has 0 aliphatic carbocycles. The average Bonchev–Trinajstić information content (AvgIpc) is 2.14. The third kappa shape index (κ3) is 2.40. The van der Waals surface area contributed by atoms with Gasteiger partial charge in [0.25, 0.3) is 0 Å². The minimum absolute atomic E-state index is 0.510. The summed E-state index contributed by atoms with van der Waals surface area (Å²) >= 11 is 0. The molecule has 0 heterocycles. The minimum atomic E-state index is -4.89. The number of alkyl halides is 3. The zero-order valence-electron chi connectivity index (χ0n) is 7.60. The lowest BCUT2D eigenvalue weighted by Gasteiger charge is -2.14. The molecule has 0 amide bonds. The van der Waals surface area contributed by atoms with Crippen LogP contribution in [0.15, 0.2) is 18.2 Å². The highest BCUT2D eigenvalue weighted by Crippen LogP contribution is 2.36. The van der Waals surface area contributed by atoms with Crippen LogP contribution in [0.2, 0.25) is 0 Å². The number of aliphatic hydroxyl groups excluding tert-OH is 1. The van der Waals surface area contributed by atoms with Crippen LogP contribution in [0.4, 0.5) is 18.9 Å². The zero-order chi connectivity index (χ0) is 12.5. The van der Waals surface area contributed by atoms with Crippen LogP contribution < -0.4 is 0 Å². The van der Waals surface area contributed by atoms with Crippen molar-refractivity contribution in [2.24, 2.45) is 0 Å². The number of nitro benzene ring substituents is 1. The van der Waals surface area contributed by atoms with Gasteiger partial charge in [-0.25, -0.2) is 0 Å². The summed E-state index contributed by atoms with van der Waals surface area (Å²) in [5.41, 5.74) is -1.38. The molecule has 16 heavy (non-hydrogen) atoms. The molecule has 0 bridgehead atoms. The molecule has 0 aromatic heterocycles. The van der Waals surface area contributed by atoms with Crippen molar-refractivity contribution < 1.29 is 28.3 Å². The summed E-state index contributed by atoms with van der Waals surface area (Å²) in [5, 5.41) is 28.1. The lowest BCUT2D eigenvalue weighted by atomic mass is 10.1. The average molecular weight is 237 g/mol. The molecule has 5 nitrogen and oxygen atoms in total. The van der Waals surface area contributed by atoms with Crippen LogP contribution in [0.3, 0.4) is 0 Å². The molecule has 0 aliphatic rings. The van der Waals surface area contributed by atoms with Gasteiger partial charge in [-0.3, -0.25) is 10.1 Å². The summed E-state index contributed by atoms with van der Waals surface area (Å²) in [6.07, 6.45) is -7.66. The number of hydrogen-bond donors (Lipinski definition) is 2. The Labute approximate surface area is 86.9 Å². The van der Waals surface area contributed by atoms with E-state index in [1.54, 1.807) is 0 Å². The molecular weight excluding hydrogens is 231 g/mol. The fourth-order valence-corrected chi connectivity index (χ4v) is 1.05. The summed E-state index contributed by atoms with van der Waals surface area (Å²) in [5.74, 6) is -0.925. The highest BCUT2D eigenvalue weighted by atomic mass is 19.4. The molecule has 0 aliphatic heterocycles. The molecule has 0 radical (unpaired) electrons. The zero-order valence-corrected chi connectivity index (χ0v) is 7.60. The summed E-state index contributed by atoms with van der Waals surface area (Å²) in [7, 11) is 0. The van der Waals surface area contributed by atoms with Gasteiger partial charge in [-0.2, -0.15) is 13.2 Å². The van der Waals surface area contributed by atoms with Crippen molar-refractivity contribution in [1.82, 2.24) is 0 Å². The second-order valence-corrected chi connectivity index (χ2v) is 2.95. The van der Waals surface area contributed by atoms with E-state index in [4.69, 9.17) is 10.2 Å². The maximum Gasteiger partial charge on any atom is 0.418 e. The summed E-state index contributed by atoms with van der Waals surface area (Å²) in [6.45, 7) is 0. The molecule has 2 N–H and O–H groups in total. The Morgan fingerprint density at radius 2 is 1.94 bits per heavy atom. The summed E-state index contributed by atoms with van der Waals surface area (Å²) in [6, 6.07) is 1.94. The van der Waals surface area contributed by atoms with Crippen LogP contribution in [0.5, 0.6) is 5.75 Å². The van der Waals surface area contributed by atoms with Crippen molar-refractivity contribution >= 4 is 5.69 Å². The van der Waals surface area contributed by atoms with Crippen molar-refractivity contribution in [1.29, 1.82) is 0 Å². The second kappa shape index (κ2) is 3.97. The topological polar surface area (TPSA) is 83.6 Å². The Morgan fingerprint density at radius 3 is 2.31 bits per heavy atom. The van der Waals surface area contributed by atoms with E-state index in [0.717, 1.165) is 6.07 Å². The predicted molar refractivity (Wildman–Crippen MR) is 45.8 cm³/mol. The first-order chi connectivity index (χ1) is 7.23. The SMILES string of the molecule is O=[N+]([O-])c1ccc(C(O)C(F)(F)F)cc1O. The second-order valence-electron chi connectivity index (χ2n) is 2.95. The van der Waals surface area contributed by atoms with Gasteiger partial charge in [-0.05, 0) is 17.7 Å². The van der Waals surface area contributed by atoms with Crippen molar-refractivity contribution in [3.8, 4) is 5.75 Å². The van der Waals surface area contributed by atoms with Crippen LogP contribution >= 0.6 is 0 Å². The number of phenolic OH excluding ortho intramolecular Hbond substituents is 1. The van der Waals surface area contributed by atoms with Crippen LogP contribution in [-0.4, -0.2) is 21.3 Å². The number of aromatic hydroxyl groups is 1. The lowest BCUT2D eigenvalue weighted by Crippen LogP contribution is -2.20. The van der Waals surface area contributed by atoms with Gasteiger partial charge in [-0.1, -0.05) is 0 Å². The summed E-state index contributed by atoms with van der Waals surface area (Å²) < 4.78 is 36.2. The van der Waals surface area contributed by atoms with E-state index < -0.39 is 34.2 Å².